The SMILES string of the molecule is O=S(=O)(O)c1ccc(Cl)c(Cl)c1Cl.[H-].[Na+]. The second kappa shape index (κ2) is 5.37. The van der Waals surface area contributed by atoms with Crippen LogP contribution in [0.3, 0.4) is 0 Å². The smallest absolute Gasteiger partial charge is 1.00 e. The molecular weight excluding hydrogens is 281 g/mol. The Kier molecular flexibility index (Phi) is 5.75. The Balaban J connectivity index is 0. The number of rotatable bonds is 1. The molecule has 0 bridgehead atoms. The van der Waals surface area contributed by atoms with Gasteiger partial charge < -0.3 is 1.43 Å². The number of hydrogen-bond donors (Lipinski definition) is 1. The molecule has 0 heterocycles. The van der Waals surface area contributed by atoms with Crippen molar-refractivity contribution in [3.8, 4) is 0 Å². The Bertz CT molecular complexity index is 451. The van der Waals surface area contributed by atoms with E-state index in [0.717, 1.165) is 6.07 Å². The van der Waals surface area contributed by atoms with E-state index in [1.807, 2.05) is 0 Å². The minimum Gasteiger partial charge on any atom is -1.00 e. The predicted octanol–water partition coefficient (Wildman–Crippen LogP) is 0.01000. The molecule has 0 spiro atoms. The van der Waals surface area contributed by atoms with E-state index in [0.29, 0.717) is 0 Å². The van der Waals surface area contributed by atoms with E-state index in [1.165, 1.54) is 6.07 Å². The zero-order valence-corrected chi connectivity index (χ0v) is 12.0. The molecule has 0 amide bonds. The summed E-state index contributed by atoms with van der Waals surface area (Å²) in [6, 6.07) is 2.31. The van der Waals surface area contributed by atoms with Gasteiger partial charge in [-0.15, -0.1) is 0 Å². The molecule has 0 aliphatic rings. The second-order valence-electron chi connectivity index (χ2n) is 2.15. The van der Waals surface area contributed by atoms with Crippen LogP contribution in [0.5, 0.6) is 0 Å². The first-order valence-electron chi connectivity index (χ1n) is 2.95. The fourth-order valence-corrected chi connectivity index (χ4v) is 2.16. The molecule has 3 nitrogen and oxygen atoms in total. The number of hydrogen-bond acceptors (Lipinski definition) is 2. The van der Waals surface area contributed by atoms with Crippen LogP contribution in [0, 0.1) is 0 Å². The molecule has 0 unspecified atom stereocenters. The van der Waals surface area contributed by atoms with Gasteiger partial charge in [0, 0.05) is 0 Å². The fraction of sp³-hybridized carbons (Fsp3) is 0. The summed E-state index contributed by atoms with van der Waals surface area (Å²) in [7, 11) is -4.35. The van der Waals surface area contributed by atoms with Gasteiger partial charge in [-0.3, -0.25) is 4.55 Å². The molecule has 0 radical (unpaired) electrons. The summed E-state index contributed by atoms with van der Waals surface area (Å²) in [5.41, 5.74) is 0. The topological polar surface area (TPSA) is 54.4 Å². The third-order valence-corrected chi connectivity index (χ3v) is 3.58. The number of benzene rings is 1. The van der Waals surface area contributed by atoms with Crippen molar-refractivity contribution < 1.29 is 44.0 Å². The Hall–Kier alpha value is 1.000. The molecule has 8 heteroatoms. The van der Waals surface area contributed by atoms with E-state index in [9.17, 15) is 8.42 Å². The molecule has 1 aromatic carbocycles. The molecule has 0 aromatic heterocycles. The summed E-state index contributed by atoms with van der Waals surface area (Å²) in [6.07, 6.45) is 0. The van der Waals surface area contributed by atoms with Crippen LogP contribution in [0.15, 0.2) is 17.0 Å². The molecule has 1 N–H and O–H groups in total. The maximum absolute atomic E-state index is 10.7. The molecule has 0 saturated carbocycles. The molecule has 14 heavy (non-hydrogen) atoms. The average Bonchev–Trinajstić information content (AvgIpc) is 1.98. The van der Waals surface area contributed by atoms with Gasteiger partial charge in [0.15, 0.2) is 0 Å². The van der Waals surface area contributed by atoms with Crippen molar-refractivity contribution in [2.45, 2.75) is 4.90 Å². The summed E-state index contributed by atoms with van der Waals surface area (Å²) in [5, 5.41) is -0.255. The second-order valence-corrected chi connectivity index (χ2v) is 4.70. The normalized spacial score (nSPS) is 10.9. The van der Waals surface area contributed by atoms with Crippen LogP contribution < -0.4 is 29.6 Å². The first-order valence-corrected chi connectivity index (χ1v) is 5.52. The molecule has 0 fully saturated rings. The van der Waals surface area contributed by atoms with Gasteiger partial charge in [-0.25, -0.2) is 0 Å². The maximum Gasteiger partial charge on any atom is 1.00 e. The van der Waals surface area contributed by atoms with E-state index >= 15 is 0 Å². The summed E-state index contributed by atoms with van der Waals surface area (Å²) >= 11 is 16.6. The van der Waals surface area contributed by atoms with E-state index < -0.39 is 15.0 Å². The molecule has 74 valence electrons. The Morgan fingerprint density at radius 1 is 1.14 bits per heavy atom. The van der Waals surface area contributed by atoms with Crippen LogP contribution in [0.2, 0.25) is 15.1 Å². The van der Waals surface area contributed by atoms with Gasteiger partial charge in [0.05, 0.1) is 15.1 Å². The van der Waals surface area contributed by atoms with Gasteiger partial charge in [-0.2, -0.15) is 8.42 Å². The predicted molar refractivity (Wildman–Crippen MR) is 52.4 cm³/mol. The third kappa shape index (κ3) is 3.25. The van der Waals surface area contributed by atoms with Crippen LogP contribution in [-0.4, -0.2) is 13.0 Å². The third-order valence-electron chi connectivity index (χ3n) is 1.28. The minimum absolute atomic E-state index is 0. The molecule has 0 saturated heterocycles. The Morgan fingerprint density at radius 2 is 1.64 bits per heavy atom. The quantitative estimate of drug-likeness (QED) is 0.449. The maximum atomic E-state index is 10.7. The molecular formula is C6H4Cl3NaO3S. The molecule has 0 aliphatic heterocycles. The Morgan fingerprint density at radius 3 is 2.07 bits per heavy atom. The average molecular weight is 286 g/mol. The van der Waals surface area contributed by atoms with Gasteiger partial charge in [0.1, 0.15) is 4.90 Å². The van der Waals surface area contributed by atoms with Crippen LogP contribution in [0.1, 0.15) is 1.43 Å². The van der Waals surface area contributed by atoms with Crippen molar-refractivity contribution in [2.24, 2.45) is 0 Å². The van der Waals surface area contributed by atoms with Crippen molar-refractivity contribution in [3.63, 3.8) is 0 Å². The van der Waals surface area contributed by atoms with Crippen molar-refractivity contribution in [2.75, 3.05) is 0 Å². The van der Waals surface area contributed by atoms with Crippen molar-refractivity contribution >= 4 is 44.9 Å². The first-order chi connectivity index (χ1) is 5.84. The van der Waals surface area contributed by atoms with Gasteiger partial charge in [-0.1, -0.05) is 34.8 Å². The van der Waals surface area contributed by atoms with E-state index in [-0.39, 0.29) is 46.1 Å². The molecule has 1 aromatic rings. The molecule has 0 atom stereocenters. The van der Waals surface area contributed by atoms with E-state index in [2.05, 4.69) is 0 Å². The Labute approximate surface area is 120 Å². The zero-order valence-electron chi connectivity index (χ0n) is 7.96. The van der Waals surface area contributed by atoms with Crippen molar-refractivity contribution in [1.82, 2.24) is 0 Å². The van der Waals surface area contributed by atoms with Crippen LogP contribution in [0.25, 0.3) is 0 Å². The van der Waals surface area contributed by atoms with Gasteiger partial charge >= 0.3 is 29.6 Å². The van der Waals surface area contributed by atoms with Crippen LogP contribution in [0.4, 0.5) is 0 Å². The monoisotopic (exact) mass is 284 g/mol. The van der Waals surface area contributed by atoms with Crippen molar-refractivity contribution in [1.29, 1.82) is 0 Å². The van der Waals surface area contributed by atoms with Crippen molar-refractivity contribution in [3.05, 3.63) is 27.2 Å². The van der Waals surface area contributed by atoms with Crippen LogP contribution in [-0.2, 0) is 10.1 Å². The summed E-state index contributed by atoms with van der Waals surface area (Å²) < 4.78 is 30.0. The summed E-state index contributed by atoms with van der Waals surface area (Å²) in [6.45, 7) is 0. The summed E-state index contributed by atoms with van der Waals surface area (Å²) in [4.78, 5) is -0.455. The molecule has 1 rings (SSSR count). The largest absolute Gasteiger partial charge is 1.00 e. The fourth-order valence-electron chi connectivity index (χ4n) is 0.707. The first kappa shape index (κ1) is 15.0. The molecule has 0 aliphatic carbocycles. The standard InChI is InChI=1S/C6H3Cl3O3S.Na.H/c7-3-1-2-4(13(10,11)12)6(9)5(3)8;;/h1-2H,(H,10,11,12);;/q;+1;-1. The zero-order chi connectivity index (χ0) is 10.2. The minimum atomic E-state index is -4.35. The summed E-state index contributed by atoms with van der Waals surface area (Å²) in [5.74, 6) is 0. The van der Waals surface area contributed by atoms with E-state index in [4.69, 9.17) is 39.4 Å². The number of halogens is 3. The van der Waals surface area contributed by atoms with E-state index in [1.54, 1.807) is 0 Å². The van der Waals surface area contributed by atoms with Gasteiger partial charge in [-0.05, 0) is 12.1 Å². The van der Waals surface area contributed by atoms with Gasteiger partial charge in [0.25, 0.3) is 10.1 Å². The van der Waals surface area contributed by atoms with Crippen LogP contribution >= 0.6 is 34.8 Å². The van der Waals surface area contributed by atoms with Gasteiger partial charge in [0.2, 0.25) is 0 Å².